The Morgan fingerprint density at radius 2 is 1.96 bits per heavy atom. The topological polar surface area (TPSA) is 77.3 Å². The van der Waals surface area contributed by atoms with Gasteiger partial charge in [0, 0.05) is 37.8 Å². The molecule has 136 valence electrons. The van der Waals surface area contributed by atoms with Gasteiger partial charge in [-0.1, -0.05) is 0 Å². The monoisotopic (exact) mass is 346 g/mol. The number of nitrogens with zero attached hydrogens (tertiary/aromatic N) is 2. The molecule has 1 aliphatic heterocycles. The average molecular weight is 346 g/mol. The lowest BCUT2D eigenvalue weighted by molar-refractivity contribution is -0.117. The highest BCUT2D eigenvalue weighted by Gasteiger charge is 2.18. The van der Waals surface area contributed by atoms with Crippen molar-refractivity contribution >= 4 is 22.6 Å². The van der Waals surface area contributed by atoms with Crippen molar-refractivity contribution in [2.45, 2.75) is 46.3 Å². The molecule has 2 N–H and O–H groups in total. The van der Waals surface area contributed by atoms with Gasteiger partial charge >= 0.3 is 5.69 Å². The normalized spacial score (nSPS) is 17.8. The molecule has 1 amide bonds. The highest BCUT2D eigenvalue weighted by molar-refractivity contribution is 5.94. The van der Waals surface area contributed by atoms with Gasteiger partial charge in [0.05, 0.1) is 24.2 Å². The van der Waals surface area contributed by atoms with Crippen LogP contribution in [0.3, 0.4) is 0 Å². The van der Waals surface area contributed by atoms with Gasteiger partial charge in [-0.3, -0.25) is 13.9 Å². The molecule has 0 bridgehead atoms. The number of aromatic nitrogens is 2. The zero-order chi connectivity index (χ0) is 18.0. The van der Waals surface area contributed by atoms with Crippen molar-refractivity contribution in [3.63, 3.8) is 0 Å². The molecule has 2 heterocycles. The van der Waals surface area contributed by atoms with Crippen LogP contribution in [-0.2, 0) is 22.6 Å². The van der Waals surface area contributed by atoms with Gasteiger partial charge in [0.2, 0.25) is 5.91 Å². The smallest absolute Gasteiger partial charge is 0.329 e. The first-order valence-electron chi connectivity index (χ1n) is 8.89. The number of morpholine rings is 1. The van der Waals surface area contributed by atoms with Crippen LogP contribution in [0.25, 0.3) is 11.0 Å². The van der Waals surface area contributed by atoms with E-state index in [2.05, 4.69) is 10.6 Å². The second-order valence-corrected chi connectivity index (χ2v) is 6.41. The second kappa shape index (κ2) is 7.41. The zero-order valence-electron chi connectivity index (χ0n) is 15.1. The number of hydrogen-bond donors (Lipinski definition) is 2. The van der Waals surface area contributed by atoms with E-state index in [9.17, 15) is 9.59 Å². The molecular weight excluding hydrogens is 320 g/mol. The lowest BCUT2D eigenvalue weighted by atomic mass is 10.1. The van der Waals surface area contributed by atoms with Crippen LogP contribution in [0.4, 0.5) is 5.69 Å². The quantitative estimate of drug-likeness (QED) is 0.859. The first-order valence-corrected chi connectivity index (χ1v) is 8.89. The Labute approximate surface area is 147 Å². The van der Waals surface area contributed by atoms with E-state index in [1.807, 2.05) is 32.9 Å². The first-order chi connectivity index (χ1) is 12.0. The van der Waals surface area contributed by atoms with Gasteiger partial charge in [-0.05, 0) is 38.5 Å². The Bertz CT molecular complexity index is 831. The SMILES string of the molecule is CCn1c(=O)n(CC)c2cc(NC(=O)C[C@@H]3COCCN3)c(C)cc21. The zero-order valence-corrected chi connectivity index (χ0v) is 15.1. The molecule has 1 atom stereocenters. The summed E-state index contributed by atoms with van der Waals surface area (Å²) < 4.78 is 8.89. The molecule has 0 spiro atoms. The number of benzene rings is 1. The Kier molecular flexibility index (Phi) is 5.24. The van der Waals surface area contributed by atoms with E-state index >= 15 is 0 Å². The summed E-state index contributed by atoms with van der Waals surface area (Å²) in [4.78, 5) is 24.8. The summed E-state index contributed by atoms with van der Waals surface area (Å²) in [5.41, 5.74) is 3.46. The lowest BCUT2D eigenvalue weighted by Gasteiger charge is -2.23. The average Bonchev–Trinajstić information content (AvgIpc) is 2.85. The third kappa shape index (κ3) is 3.48. The van der Waals surface area contributed by atoms with Crippen molar-refractivity contribution in [1.29, 1.82) is 0 Å². The highest BCUT2D eigenvalue weighted by atomic mass is 16.5. The summed E-state index contributed by atoms with van der Waals surface area (Å²) >= 11 is 0. The van der Waals surface area contributed by atoms with Crippen LogP contribution >= 0.6 is 0 Å². The summed E-state index contributed by atoms with van der Waals surface area (Å²) in [5.74, 6) is -0.0502. The maximum Gasteiger partial charge on any atom is 0.329 e. The number of nitrogens with one attached hydrogen (secondary N) is 2. The van der Waals surface area contributed by atoms with Gasteiger partial charge in [-0.2, -0.15) is 0 Å². The molecule has 7 heteroatoms. The van der Waals surface area contributed by atoms with Crippen molar-refractivity contribution in [3.05, 3.63) is 28.2 Å². The van der Waals surface area contributed by atoms with Crippen LogP contribution < -0.4 is 16.3 Å². The van der Waals surface area contributed by atoms with Gasteiger partial charge in [-0.25, -0.2) is 4.79 Å². The molecule has 1 fully saturated rings. The molecule has 0 aliphatic carbocycles. The fraction of sp³-hybridized carbons (Fsp3) is 0.556. The number of hydrogen-bond acceptors (Lipinski definition) is 4. The number of anilines is 1. The predicted molar refractivity (Wildman–Crippen MR) is 98.1 cm³/mol. The molecule has 2 aromatic rings. The fourth-order valence-corrected chi connectivity index (χ4v) is 3.39. The van der Waals surface area contributed by atoms with E-state index in [4.69, 9.17) is 4.74 Å². The highest BCUT2D eigenvalue weighted by Crippen LogP contribution is 2.24. The third-order valence-corrected chi connectivity index (χ3v) is 4.70. The standard InChI is InChI=1S/C18H26N4O3/c1-4-21-15-8-12(3)14(10-16(15)22(5-2)18(21)24)20-17(23)9-13-11-25-7-6-19-13/h8,10,13,19H,4-7,9,11H2,1-3H3,(H,20,23)/t13-/m1/s1. The molecule has 1 aromatic heterocycles. The second-order valence-electron chi connectivity index (χ2n) is 6.41. The van der Waals surface area contributed by atoms with Crippen LogP contribution in [-0.4, -0.2) is 40.8 Å². The molecule has 0 saturated carbocycles. The number of aryl methyl sites for hydroxylation is 3. The van der Waals surface area contributed by atoms with Crippen LogP contribution in [0.1, 0.15) is 25.8 Å². The molecular formula is C18H26N4O3. The predicted octanol–water partition coefficient (Wildman–Crippen LogP) is 1.47. The molecule has 25 heavy (non-hydrogen) atoms. The Morgan fingerprint density at radius 3 is 2.56 bits per heavy atom. The number of imidazole rings is 1. The number of carbonyl (C=O) groups is 1. The number of carbonyl (C=O) groups excluding carboxylic acids is 1. The summed E-state index contributed by atoms with van der Waals surface area (Å²) in [6, 6.07) is 3.93. The summed E-state index contributed by atoms with van der Waals surface area (Å²) in [7, 11) is 0. The molecule has 1 saturated heterocycles. The van der Waals surface area contributed by atoms with E-state index in [1.54, 1.807) is 9.13 Å². The van der Waals surface area contributed by atoms with E-state index < -0.39 is 0 Å². The lowest BCUT2D eigenvalue weighted by Crippen LogP contribution is -2.43. The van der Waals surface area contributed by atoms with E-state index in [0.717, 1.165) is 28.8 Å². The molecule has 0 radical (unpaired) electrons. The summed E-state index contributed by atoms with van der Waals surface area (Å²) in [6.45, 7) is 9.11. The first kappa shape index (κ1) is 17.7. The Hall–Kier alpha value is -2.12. The van der Waals surface area contributed by atoms with Crippen molar-refractivity contribution in [1.82, 2.24) is 14.5 Å². The number of rotatable bonds is 5. The Balaban J connectivity index is 1.87. The Morgan fingerprint density at radius 1 is 1.28 bits per heavy atom. The maximum absolute atomic E-state index is 12.5. The van der Waals surface area contributed by atoms with Crippen LogP contribution in [0, 0.1) is 6.92 Å². The molecule has 1 aromatic carbocycles. The third-order valence-electron chi connectivity index (χ3n) is 4.70. The molecule has 3 rings (SSSR count). The van der Waals surface area contributed by atoms with Crippen LogP contribution in [0.2, 0.25) is 0 Å². The molecule has 1 aliphatic rings. The van der Waals surface area contributed by atoms with Crippen LogP contribution in [0.5, 0.6) is 0 Å². The summed E-state index contributed by atoms with van der Waals surface area (Å²) in [6.07, 6.45) is 0.369. The van der Waals surface area contributed by atoms with E-state index in [1.165, 1.54) is 0 Å². The van der Waals surface area contributed by atoms with Gasteiger partial charge in [-0.15, -0.1) is 0 Å². The maximum atomic E-state index is 12.5. The number of ether oxygens (including phenoxy) is 1. The minimum atomic E-state index is -0.0502. The van der Waals surface area contributed by atoms with Crippen molar-refractivity contribution in [2.75, 3.05) is 25.1 Å². The summed E-state index contributed by atoms with van der Waals surface area (Å²) in [5, 5.41) is 6.27. The van der Waals surface area contributed by atoms with Gasteiger partial charge in [0.1, 0.15) is 0 Å². The van der Waals surface area contributed by atoms with Crippen molar-refractivity contribution < 1.29 is 9.53 Å². The minimum Gasteiger partial charge on any atom is -0.378 e. The number of amides is 1. The van der Waals surface area contributed by atoms with Crippen LogP contribution in [0.15, 0.2) is 16.9 Å². The largest absolute Gasteiger partial charge is 0.378 e. The van der Waals surface area contributed by atoms with Gasteiger partial charge in [0.25, 0.3) is 0 Å². The van der Waals surface area contributed by atoms with Gasteiger partial charge in [0.15, 0.2) is 0 Å². The van der Waals surface area contributed by atoms with Crippen molar-refractivity contribution in [2.24, 2.45) is 0 Å². The molecule has 7 nitrogen and oxygen atoms in total. The molecule has 0 unspecified atom stereocenters. The van der Waals surface area contributed by atoms with Crippen molar-refractivity contribution in [3.8, 4) is 0 Å². The number of fused-ring (bicyclic) bond motifs is 1. The van der Waals surface area contributed by atoms with Gasteiger partial charge < -0.3 is 15.4 Å². The minimum absolute atomic E-state index is 0.00793. The fourth-order valence-electron chi connectivity index (χ4n) is 3.39. The van der Waals surface area contributed by atoms with E-state index in [-0.39, 0.29) is 17.6 Å². The van der Waals surface area contributed by atoms with E-state index in [0.29, 0.717) is 32.7 Å².